The molecule has 0 spiro atoms. The molecular weight excluding hydrogens is 236 g/mol. The largest absolute Gasteiger partial charge is 0.434 e. The maximum atomic E-state index is 10.5. The first kappa shape index (κ1) is 12.1. The summed E-state index contributed by atoms with van der Waals surface area (Å²) in [5, 5.41) is 12.0. The molecule has 0 aliphatic carbocycles. The summed E-state index contributed by atoms with van der Waals surface area (Å²) < 4.78 is 5.07. The molecule has 1 aromatic carbocycles. The van der Waals surface area contributed by atoms with Crippen LogP contribution in [0.1, 0.15) is 5.56 Å². The molecule has 0 amide bonds. The van der Waals surface area contributed by atoms with Gasteiger partial charge in [-0.1, -0.05) is 30.3 Å². The van der Waals surface area contributed by atoms with Crippen molar-refractivity contribution in [3.05, 3.63) is 58.1 Å². The second-order valence-corrected chi connectivity index (χ2v) is 3.57. The fraction of sp³-hybridized carbons (Fsp3) is 0.167. The number of hydrogen-bond donors (Lipinski definition) is 0. The topological polar surface area (TPSA) is 68.8 Å². The van der Waals surface area contributed by atoms with Crippen LogP contribution in [0.3, 0.4) is 0 Å². The van der Waals surface area contributed by atoms with E-state index in [1.165, 1.54) is 24.3 Å². The summed E-state index contributed by atoms with van der Waals surface area (Å²) in [5.41, 5.74) is 1.01. The minimum Gasteiger partial charge on any atom is -0.382 e. The Kier molecular flexibility index (Phi) is 3.59. The highest BCUT2D eigenvalue weighted by Crippen LogP contribution is 2.25. The van der Waals surface area contributed by atoms with Crippen LogP contribution in [0.15, 0.2) is 46.9 Å². The summed E-state index contributed by atoms with van der Waals surface area (Å²) in [6.45, 7) is 0.446. The number of rotatable bonds is 5. The first-order chi connectivity index (χ1) is 8.70. The van der Waals surface area contributed by atoms with Crippen LogP contribution in [0.4, 0.5) is 11.8 Å². The third kappa shape index (κ3) is 2.67. The fourth-order valence-electron chi connectivity index (χ4n) is 1.53. The van der Waals surface area contributed by atoms with E-state index >= 15 is 0 Å². The van der Waals surface area contributed by atoms with Crippen LogP contribution in [-0.4, -0.2) is 12.0 Å². The van der Waals surface area contributed by atoms with E-state index < -0.39 is 4.92 Å². The number of nitrogens with zero attached hydrogens (tertiary/aromatic N) is 2. The lowest BCUT2D eigenvalue weighted by Gasteiger charge is -2.18. The molecule has 6 heteroatoms. The highest BCUT2D eigenvalue weighted by Gasteiger charge is 2.17. The van der Waals surface area contributed by atoms with Gasteiger partial charge in [-0.3, -0.25) is 15.0 Å². The number of furan rings is 1. The van der Waals surface area contributed by atoms with E-state index in [1.807, 2.05) is 30.3 Å². The van der Waals surface area contributed by atoms with Crippen LogP contribution in [0.2, 0.25) is 0 Å². The van der Waals surface area contributed by atoms with Crippen LogP contribution in [-0.2, 0) is 11.4 Å². The van der Waals surface area contributed by atoms with Crippen molar-refractivity contribution in [1.82, 2.24) is 0 Å². The number of hydroxylamine groups is 1. The zero-order valence-corrected chi connectivity index (χ0v) is 9.78. The van der Waals surface area contributed by atoms with Gasteiger partial charge in [0.2, 0.25) is 5.88 Å². The molecule has 2 rings (SSSR count). The molecule has 0 atom stereocenters. The van der Waals surface area contributed by atoms with Crippen molar-refractivity contribution >= 4 is 11.8 Å². The molecule has 1 aromatic heterocycles. The van der Waals surface area contributed by atoms with Crippen molar-refractivity contribution in [2.45, 2.75) is 6.54 Å². The van der Waals surface area contributed by atoms with E-state index in [9.17, 15) is 10.1 Å². The van der Waals surface area contributed by atoms with Gasteiger partial charge >= 0.3 is 5.88 Å². The second-order valence-electron chi connectivity index (χ2n) is 3.57. The smallest absolute Gasteiger partial charge is 0.382 e. The van der Waals surface area contributed by atoms with E-state index in [0.29, 0.717) is 12.4 Å². The Hall–Kier alpha value is -2.34. The van der Waals surface area contributed by atoms with Gasteiger partial charge in [-0.05, 0) is 5.56 Å². The lowest BCUT2D eigenvalue weighted by Crippen LogP contribution is -2.20. The van der Waals surface area contributed by atoms with Crippen molar-refractivity contribution in [2.75, 3.05) is 12.2 Å². The van der Waals surface area contributed by atoms with Gasteiger partial charge in [-0.2, -0.15) is 0 Å². The van der Waals surface area contributed by atoms with Gasteiger partial charge in [0.15, 0.2) is 0 Å². The first-order valence-electron chi connectivity index (χ1n) is 5.30. The summed E-state index contributed by atoms with van der Waals surface area (Å²) in [6.07, 6.45) is 0. The van der Waals surface area contributed by atoms with E-state index in [-0.39, 0.29) is 5.88 Å². The molecule has 0 saturated heterocycles. The standard InChI is InChI=1S/C12H12N2O4/c1-17-13(9-10-5-3-2-4-6-10)11-7-8-12(18-11)14(15)16/h2-8H,9H2,1H3. The summed E-state index contributed by atoms with van der Waals surface area (Å²) in [5.74, 6) is -0.00633. The molecule has 0 fully saturated rings. The average Bonchev–Trinajstić information content (AvgIpc) is 2.87. The molecule has 0 radical (unpaired) electrons. The van der Waals surface area contributed by atoms with E-state index in [2.05, 4.69) is 0 Å². The lowest BCUT2D eigenvalue weighted by molar-refractivity contribution is -0.401. The minimum atomic E-state index is -0.583. The molecule has 18 heavy (non-hydrogen) atoms. The Labute approximate surface area is 103 Å². The Morgan fingerprint density at radius 1 is 1.28 bits per heavy atom. The molecule has 1 heterocycles. The van der Waals surface area contributed by atoms with Gasteiger partial charge in [0.05, 0.1) is 19.7 Å². The van der Waals surface area contributed by atoms with Crippen molar-refractivity contribution in [1.29, 1.82) is 0 Å². The van der Waals surface area contributed by atoms with Gasteiger partial charge in [0.25, 0.3) is 0 Å². The van der Waals surface area contributed by atoms with Crippen LogP contribution in [0.25, 0.3) is 0 Å². The molecule has 0 N–H and O–H groups in total. The third-order valence-electron chi connectivity index (χ3n) is 2.39. The van der Waals surface area contributed by atoms with Crippen molar-refractivity contribution in [3.63, 3.8) is 0 Å². The van der Waals surface area contributed by atoms with Crippen molar-refractivity contribution in [2.24, 2.45) is 0 Å². The zero-order chi connectivity index (χ0) is 13.0. The minimum absolute atomic E-state index is 0.299. The summed E-state index contributed by atoms with van der Waals surface area (Å²) in [6, 6.07) is 12.4. The van der Waals surface area contributed by atoms with Gasteiger partial charge in [0, 0.05) is 6.07 Å². The van der Waals surface area contributed by atoms with Gasteiger partial charge in [-0.15, -0.1) is 0 Å². The summed E-state index contributed by atoms with van der Waals surface area (Å²) in [7, 11) is 1.48. The van der Waals surface area contributed by atoms with E-state index in [0.717, 1.165) is 5.56 Å². The van der Waals surface area contributed by atoms with Gasteiger partial charge in [-0.25, -0.2) is 5.06 Å². The molecule has 0 aliphatic rings. The van der Waals surface area contributed by atoms with Gasteiger partial charge in [0.1, 0.15) is 4.92 Å². The van der Waals surface area contributed by atoms with E-state index in [4.69, 9.17) is 9.25 Å². The molecule has 0 bridgehead atoms. The molecule has 94 valence electrons. The number of nitro groups is 1. The Balaban J connectivity index is 2.15. The average molecular weight is 248 g/mol. The van der Waals surface area contributed by atoms with Crippen LogP contribution in [0.5, 0.6) is 0 Å². The molecule has 0 aliphatic heterocycles. The van der Waals surface area contributed by atoms with Gasteiger partial charge < -0.3 is 4.42 Å². The Bertz CT molecular complexity index is 524. The molecule has 0 saturated carbocycles. The maximum absolute atomic E-state index is 10.5. The second kappa shape index (κ2) is 5.33. The predicted octanol–water partition coefficient (Wildman–Crippen LogP) is 2.76. The predicted molar refractivity (Wildman–Crippen MR) is 65.0 cm³/mol. The highest BCUT2D eigenvalue weighted by molar-refractivity contribution is 5.38. The molecular formula is C12H12N2O4. The maximum Gasteiger partial charge on any atom is 0.434 e. The molecule has 2 aromatic rings. The summed E-state index contributed by atoms with van der Waals surface area (Å²) in [4.78, 5) is 15.1. The highest BCUT2D eigenvalue weighted by atomic mass is 16.7. The van der Waals surface area contributed by atoms with Crippen LogP contribution < -0.4 is 5.06 Å². The number of benzene rings is 1. The fourth-order valence-corrected chi connectivity index (χ4v) is 1.53. The number of hydrogen-bond acceptors (Lipinski definition) is 5. The Morgan fingerprint density at radius 2 is 2.00 bits per heavy atom. The lowest BCUT2D eigenvalue weighted by atomic mass is 10.2. The zero-order valence-electron chi connectivity index (χ0n) is 9.78. The van der Waals surface area contributed by atoms with E-state index in [1.54, 1.807) is 0 Å². The summed E-state index contributed by atoms with van der Waals surface area (Å²) >= 11 is 0. The monoisotopic (exact) mass is 248 g/mol. The van der Waals surface area contributed by atoms with Crippen LogP contribution >= 0.6 is 0 Å². The SMILES string of the molecule is CON(Cc1ccccc1)c1ccc([N+](=O)[O-])o1. The van der Waals surface area contributed by atoms with Crippen molar-refractivity contribution < 1.29 is 14.2 Å². The number of anilines is 1. The quantitative estimate of drug-likeness (QED) is 0.601. The Morgan fingerprint density at radius 3 is 2.56 bits per heavy atom. The van der Waals surface area contributed by atoms with Crippen LogP contribution in [0, 0.1) is 10.1 Å². The molecule has 6 nitrogen and oxygen atoms in total. The van der Waals surface area contributed by atoms with Crippen molar-refractivity contribution in [3.8, 4) is 0 Å². The third-order valence-corrected chi connectivity index (χ3v) is 2.39. The molecule has 0 unspecified atom stereocenters. The normalized spacial score (nSPS) is 10.3. The first-order valence-corrected chi connectivity index (χ1v) is 5.30.